The summed E-state index contributed by atoms with van der Waals surface area (Å²) in [6.07, 6.45) is 3.96. The number of rotatable bonds is 4. The molecule has 0 aliphatic carbocycles. The van der Waals surface area contributed by atoms with Gasteiger partial charge in [-0.3, -0.25) is 4.79 Å². The van der Waals surface area contributed by atoms with Crippen molar-refractivity contribution in [1.82, 2.24) is 9.97 Å². The fourth-order valence-corrected chi connectivity index (χ4v) is 5.45. The van der Waals surface area contributed by atoms with Gasteiger partial charge >= 0.3 is 0 Å². The van der Waals surface area contributed by atoms with Crippen molar-refractivity contribution < 1.29 is 9.18 Å². The smallest absolute Gasteiger partial charge is 0.227 e. The molecule has 2 aromatic heterocycles. The number of halogens is 1. The molecule has 1 N–H and O–H groups in total. The van der Waals surface area contributed by atoms with Gasteiger partial charge in [0.1, 0.15) is 18.0 Å². The molecule has 0 bridgehead atoms. The minimum atomic E-state index is -0.254. The highest BCUT2D eigenvalue weighted by molar-refractivity contribution is 7.26. The molecule has 5 nitrogen and oxygen atoms in total. The lowest BCUT2D eigenvalue weighted by Crippen LogP contribution is -2.38. The SMILES string of the molecule is CCc1cccc(NC(=O)C2CCN(c3ncnc4c3sc3cccc(F)c34)CC2)c1. The summed E-state index contributed by atoms with van der Waals surface area (Å²) < 4.78 is 16.2. The molecule has 31 heavy (non-hydrogen) atoms. The Bertz CT molecular complexity index is 1260. The van der Waals surface area contributed by atoms with Crippen LogP contribution in [0, 0.1) is 11.7 Å². The van der Waals surface area contributed by atoms with E-state index in [1.165, 1.54) is 29.3 Å². The minimum absolute atomic E-state index is 0.0290. The minimum Gasteiger partial charge on any atom is -0.355 e. The van der Waals surface area contributed by atoms with E-state index in [9.17, 15) is 9.18 Å². The van der Waals surface area contributed by atoms with Gasteiger partial charge in [0.05, 0.1) is 15.6 Å². The molecule has 0 spiro atoms. The summed E-state index contributed by atoms with van der Waals surface area (Å²) >= 11 is 1.52. The Morgan fingerprint density at radius 1 is 1.19 bits per heavy atom. The molecule has 2 aromatic carbocycles. The molecule has 158 valence electrons. The fraction of sp³-hybridized carbons (Fsp3) is 0.292. The van der Waals surface area contributed by atoms with Crippen LogP contribution in [-0.2, 0) is 11.2 Å². The highest BCUT2D eigenvalue weighted by Gasteiger charge is 2.27. The van der Waals surface area contributed by atoms with E-state index in [0.717, 1.165) is 53.3 Å². The number of nitrogens with zero attached hydrogens (tertiary/aromatic N) is 3. The number of nitrogens with one attached hydrogen (secondary N) is 1. The molecule has 3 heterocycles. The number of benzene rings is 2. The van der Waals surface area contributed by atoms with E-state index < -0.39 is 0 Å². The summed E-state index contributed by atoms with van der Waals surface area (Å²) in [4.78, 5) is 23.8. The zero-order valence-corrected chi connectivity index (χ0v) is 18.1. The topological polar surface area (TPSA) is 58.1 Å². The van der Waals surface area contributed by atoms with Gasteiger partial charge in [-0.15, -0.1) is 11.3 Å². The van der Waals surface area contributed by atoms with Crippen LogP contribution in [0.1, 0.15) is 25.3 Å². The molecule has 0 radical (unpaired) electrons. The molecule has 5 rings (SSSR count). The summed E-state index contributed by atoms with van der Waals surface area (Å²) in [5.74, 6) is 0.624. The van der Waals surface area contributed by atoms with E-state index in [0.29, 0.717) is 10.9 Å². The van der Waals surface area contributed by atoms with Crippen molar-refractivity contribution in [2.45, 2.75) is 26.2 Å². The predicted molar refractivity (Wildman–Crippen MR) is 124 cm³/mol. The van der Waals surface area contributed by atoms with Crippen LogP contribution in [0.15, 0.2) is 48.8 Å². The third-order valence-corrected chi connectivity index (χ3v) is 7.12. The molecule has 1 amide bonds. The number of aryl methyl sites for hydroxylation is 1. The zero-order chi connectivity index (χ0) is 21.4. The number of aromatic nitrogens is 2. The monoisotopic (exact) mass is 434 g/mol. The van der Waals surface area contributed by atoms with Crippen LogP contribution in [-0.4, -0.2) is 29.0 Å². The number of hydrogen-bond acceptors (Lipinski definition) is 5. The van der Waals surface area contributed by atoms with Gasteiger partial charge in [0.2, 0.25) is 5.91 Å². The quantitative estimate of drug-likeness (QED) is 0.467. The van der Waals surface area contributed by atoms with Crippen molar-refractivity contribution >= 4 is 49.1 Å². The normalized spacial score (nSPS) is 15.0. The number of carbonyl (C=O) groups is 1. The molecule has 1 fully saturated rings. The van der Waals surface area contributed by atoms with Crippen LogP contribution in [0.25, 0.3) is 20.3 Å². The summed E-state index contributed by atoms with van der Waals surface area (Å²) in [6, 6.07) is 13.1. The van der Waals surface area contributed by atoms with Crippen molar-refractivity contribution in [2.24, 2.45) is 5.92 Å². The maximum atomic E-state index is 14.4. The Morgan fingerprint density at radius 3 is 2.81 bits per heavy atom. The lowest BCUT2D eigenvalue weighted by Gasteiger charge is -2.32. The third kappa shape index (κ3) is 3.74. The molecule has 0 atom stereocenters. The van der Waals surface area contributed by atoms with Gasteiger partial charge in [0.15, 0.2) is 0 Å². The van der Waals surface area contributed by atoms with Gasteiger partial charge in [-0.1, -0.05) is 25.1 Å². The van der Waals surface area contributed by atoms with Crippen molar-refractivity contribution in [2.75, 3.05) is 23.3 Å². The Balaban J connectivity index is 1.32. The van der Waals surface area contributed by atoms with E-state index in [2.05, 4.69) is 33.2 Å². The van der Waals surface area contributed by atoms with E-state index in [1.54, 1.807) is 6.07 Å². The highest BCUT2D eigenvalue weighted by Crippen LogP contribution is 2.39. The number of fused-ring (bicyclic) bond motifs is 3. The Morgan fingerprint density at radius 2 is 2.00 bits per heavy atom. The first-order valence-electron chi connectivity index (χ1n) is 10.6. The average Bonchev–Trinajstić information content (AvgIpc) is 3.19. The van der Waals surface area contributed by atoms with Crippen LogP contribution in [0.2, 0.25) is 0 Å². The molecule has 0 saturated carbocycles. The summed E-state index contributed by atoms with van der Waals surface area (Å²) in [6.45, 7) is 3.57. The van der Waals surface area contributed by atoms with E-state index >= 15 is 0 Å². The average molecular weight is 435 g/mol. The van der Waals surface area contributed by atoms with Crippen molar-refractivity contribution in [1.29, 1.82) is 0 Å². The van der Waals surface area contributed by atoms with E-state index in [4.69, 9.17) is 0 Å². The number of piperidine rings is 1. The number of thiophene rings is 1. The number of carbonyl (C=O) groups excluding carboxylic acids is 1. The first-order chi connectivity index (χ1) is 15.1. The van der Waals surface area contributed by atoms with Gasteiger partial charge in [-0.05, 0) is 49.1 Å². The number of hydrogen-bond donors (Lipinski definition) is 1. The fourth-order valence-electron chi connectivity index (χ4n) is 4.26. The molecular formula is C24H23FN4OS. The molecule has 1 saturated heterocycles. The Kier molecular flexibility index (Phi) is 5.28. The van der Waals surface area contributed by atoms with Crippen LogP contribution in [0.5, 0.6) is 0 Å². The summed E-state index contributed by atoms with van der Waals surface area (Å²) in [7, 11) is 0. The van der Waals surface area contributed by atoms with Gasteiger partial charge in [-0.25, -0.2) is 14.4 Å². The molecule has 4 aromatic rings. The molecule has 1 aliphatic heterocycles. The van der Waals surface area contributed by atoms with Gasteiger partial charge in [0.25, 0.3) is 0 Å². The van der Waals surface area contributed by atoms with Crippen LogP contribution in [0.3, 0.4) is 0 Å². The second-order valence-electron chi connectivity index (χ2n) is 7.89. The number of anilines is 2. The first-order valence-corrected chi connectivity index (χ1v) is 11.4. The Hall–Kier alpha value is -3.06. The van der Waals surface area contributed by atoms with Crippen molar-refractivity contribution in [3.63, 3.8) is 0 Å². The lowest BCUT2D eigenvalue weighted by molar-refractivity contribution is -0.120. The second-order valence-corrected chi connectivity index (χ2v) is 8.95. The summed E-state index contributed by atoms with van der Waals surface area (Å²) in [5, 5.41) is 3.64. The lowest BCUT2D eigenvalue weighted by atomic mass is 9.95. The highest BCUT2D eigenvalue weighted by atomic mass is 32.1. The molecule has 1 aliphatic rings. The van der Waals surface area contributed by atoms with Crippen LogP contribution >= 0.6 is 11.3 Å². The van der Waals surface area contributed by atoms with Crippen LogP contribution < -0.4 is 10.2 Å². The van der Waals surface area contributed by atoms with Crippen LogP contribution in [0.4, 0.5) is 15.9 Å². The third-order valence-electron chi connectivity index (χ3n) is 5.98. The largest absolute Gasteiger partial charge is 0.355 e. The predicted octanol–water partition coefficient (Wildman–Crippen LogP) is 5.40. The second kappa shape index (κ2) is 8.23. The maximum absolute atomic E-state index is 14.4. The van der Waals surface area contributed by atoms with Gasteiger partial charge < -0.3 is 10.2 Å². The van der Waals surface area contributed by atoms with Gasteiger partial charge in [0, 0.05) is 29.4 Å². The van der Waals surface area contributed by atoms with Gasteiger partial charge in [-0.2, -0.15) is 0 Å². The van der Waals surface area contributed by atoms with Crippen molar-refractivity contribution in [3.8, 4) is 0 Å². The summed E-state index contributed by atoms with van der Waals surface area (Å²) in [5.41, 5.74) is 2.73. The Labute approximate surface area is 183 Å². The molecule has 7 heteroatoms. The number of amides is 1. The molecule has 0 unspecified atom stereocenters. The molecular weight excluding hydrogens is 411 g/mol. The van der Waals surface area contributed by atoms with Crippen molar-refractivity contribution in [3.05, 3.63) is 60.2 Å². The van der Waals surface area contributed by atoms with E-state index in [1.807, 2.05) is 24.3 Å². The zero-order valence-electron chi connectivity index (χ0n) is 17.3. The standard InChI is InChI=1S/C24H23FN4OS/c1-2-15-5-3-6-17(13-15)28-24(30)16-9-11-29(12-10-16)23-22-21(26-14-27-23)20-18(25)7-4-8-19(20)31-22/h3-8,13-14,16H,2,9-12H2,1H3,(H,28,30). The first kappa shape index (κ1) is 19.9. The maximum Gasteiger partial charge on any atom is 0.227 e. The van der Waals surface area contributed by atoms with E-state index in [-0.39, 0.29) is 17.6 Å².